The normalized spacial score (nSPS) is 9.06. The van der Waals surface area contributed by atoms with Gasteiger partial charge < -0.3 is 11.1 Å². The van der Waals surface area contributed by atoms with E-state index in [1.807, 2.05) is 0 Å². The molecule has 0 saturated carbocycles. The predicted molar refractivity (Wildman–Crippen MR) is 60.5 cm³/mol. The van der Waals surface area contributed by atoms with Crippen LogP contribution in [0.25, 0.3) is 0 Å². The van der Waals surface area contributed by atoms with Crippen molar-refractivity contribution in [2.45, 2.75) is 6.92 Å². The summed E-state index contributed by atoms with van der Waals surface area (Å²) in [5, 5.41) is 2.46. The fourth-order valence-corrected chi connectivity index (χ4v) is 1.14. The van der Waals surface area contributed by atoms with Crippen molar-refractivity contribution in [3.05, 3.63) is 35.1 Å². The number of nitrogens with two attached hydrogens (primary N) is 1. The topological polar surface area (TPSA) is 72.2 Å². The summed E-state index contributed by atoms with van der Waals surface area (Å²) >= 11 is 0. The van der Waals surface area contributed by atoms with Crippen LogP contribution < -0.4 is 11.1 Å². The molecule has 0 unspecified atom stereocenters. The molecular formula is C12H11FN2O2. The van der Waals surface area contributed by atoms with Gasteiger partial charge >= 0.3 is 0 Å². The fourth-order valence-electron chi connectivity index (χ4n) is 1.14. The van der Waals surface area contributed by atoms with Crippen LogP contribution in [-0.2, 0) is 4.79 Å². The summed E-state index contributed by atoms with van der Waals surface area (Å²) < 4.78 is 13.0. The number of hydrogen-bond donors (Lipinski definition) is 2. The van der Waals surface area contributed by atoms with Crippen LogP contribution >= 0.6 is 0 Å². The quantitative estimate of drug-likeness (QED) is 0.727. The fraction of sp³-hybridized carbons (Fsp3) is 0.167. The van der Waals surface area contributed by atoms with Crippen molar-refractivity contribution in [1.29, 1.82) is 0 Å². The monoisotopic (exact) mass is 234 g/mol. The van der Waals surface area contributed by atoms with E-state index in [0.29, 0.717) is 0 Å². The van der Waals surface area contributed by atoms with E-state index >= 15 is 0 Å². The Kier molecular flexibility index (Phi) is 4.23. The van der Waals surface area contributed by atoms with Gasteiger partial charge in [0.2, 0.25) is 11.8 Å². The Balaban J connectivity index is 2.92. The van der Waals surface area contributed by atoms with Crippen LogP contribution in [0.5, 0.6) is 0 Å². The summed E-state index contributed by atoms with van der Waals surface area (Å²) in [6, 6.07) is 3.54. The molecule has 0 heterocycles. The van der Waals surface area contributed by atoms with Gasteiger partial charge in [-0.1, -0.05) is 11.8 Å². The van der Waals surface area contributed by atoms with Gasteiger partial charge in [0, 0.05) is 12.5 Å². The van der Waals surface area contributed by atoms with Crippen molar-refractivity contribution < 1.29 is 14.0 Å². The molecule has 1 aromatic carbocycles. The van der Waals surface area contributed by atoms with Crippen LogP contribution in [0.4, 0.5) is 4.39 Å². The predicted octanol–water partition coefficient (Wildman–Crippen LogP) is 0.412. The first kappa shape index (κ1) is 12.7. The number of nitrogens with one attached hydrogen (secondary N) is 1. The Morgan fingerprint density at radius 1 is 1.47 bits per heavy atom. The van der Waals surface area contributed by atoms with Crippen molar-refractivity contribution in [3.63, 3.8) is 0 Å². The minimum Gasteiger partial charge on any atom is -0.366 e. The van der Waals surface area contributed by atoms with E-state index in [1.165, 1.54) is 13.0 Å². The molecule has 17 heavy (non-hydrogen) atoms. The van der Waals surface area contributed by atoms with Gasteiger partial charge in [-0.15, -0.1) is 0 Å². The zero-order valence-corrected chi connectivity index (χ0v) is 9.21. The standard InChI is InChI=1S/C12H11FN2O2/c1-8(16)15-6-2-3-9-7-10(13)4-5-11(9)12(14)17/h4-5,7H,6H2,1H3,(H2,14,17)(H,15,16). The second kappa shape index (κ2) is 5.66. The van der Waals surface area contributed by atoms with Gasteiger partial charge in [-0.3, -0.25) is 9.59 Å². The number of benzene rings is 1. The smallest absolute Gasteiger partial charge is 0.249 e. The molecular weight excluding hydrogens is 223 g/mol. The minimum atomic E-state index is -0.672. The van der Waals surface area contributed by atoms with Crippen molar-refractivity contribution in [3.8, 4) is 11.8 Å². The first-order chi connectivity index (χ1) is 8.00. The Hall–Kier alpha value is -2.35. The number of amides is 2. The van der Waals surface area contributed by atoms with Gasteiger partial charge in [-0.25, -0.2) is 4.39 Å². The Morgan fingerprint density at radius 3 is 2.76 bits per heavy atom. The van der Waals surface area contributed by atoms with Gasteiger partial charge in [-0.2, -0.15) is 0 Å². The van der Waals surface area contributed by atoms with E-state index in [-0.39, 0.29) is 23.6 Å². The van der Waals surface area contributed by atoms with Gasteiger partial charge in [0.1, 0.15) is 5.82 Å². The minimum absolute atomic E-state index is 0.129. The maximum absolute atomic E-state index is 13.0. The summed E-state index contributed by atoms with van der Waals surface area (Å²) in [5.41, 5.74) is 5.48. The summed E-state index contributed by atoms with van der Waals surface area (Å²) in [5.74, 6) is 3.80. The molecule has 1 rings (SSSR count). The second-order valence-corrected chi connectivity index (χ2v) is 3.27. The van der Waals surface area contributed by atoms with Crippen molar-refractivity contribution in [2.75, 3.05) is 6.54 Å². The maximum Gasteiger partial charge on any atom is 0.249 e. The molecule has 0 aliphatic carbocycles. The number of primary amides is 1. The van der Waals surface area contributed by atoms with Gasteiger partial charge in [0.05, 0.1) is 12.1 Å². The molecule has 0 aliphatic rings. The highest BCUT2D eigenvalue weighted by Gasteiger charge is 2.06. The molecule has 0 spiro atoms. The average Bonchev–Trinajstić information content (AvgIpc) is 2.23. The van der Waals surface area contributed by atoms with Crippen LogP contribution in [0, 0.1) is 17.7 Å². The SMILES string of the molecule is CC(=O)NCC#Cc1cc(F)ccc1C(N)=O. The highest BCUT2D eigenvalue weighted by molar-refractivity contribution is 5.95. The van der Waals surface area contributed by atoms with Crippen LogP contribution in [0.3, 0.4) is 0 Å². The first-order valence-electron chi connectivity index (χ1n) is 4.83. The summed E-state index contributed by atoms with van der Waals surface area (Å²) in [6.45, 7) is 1.49. The molecule has 2 amide bonds. The third-order valence-corrected chi connectivity index (χ3v) is 1.90. The van der Waals surface area contributed by atoms with E-state index < -0.39 is 11.7 Å². The number of rotatable bonds is 2. The lowest BCUT2D eigenvalue weighted by molar-refractivity contribution is -0.118. The van der Waals surface area contributed by atoms with Crippen LogP contribution in [-0.4, -0.2) is 18.4 Å². The molecule has 3 N–H and O–H groups in total. The summed E-state index contributed by atoms with van der Waals surface area (Å²) in [4.78, 5) is 21.6. The highest BCUT2D eigenvalue weighted by Crippen LogP contribution is 2.09. The third-order valence-electron chi connectivity index (χ3n) is 1.90. The average molecular weight is 234 g/mol. The van der Waals surface area contributed by atoms with Crippen LogP contribution in [0.2, 0.25) is 0 Å². The van der Waals surface area contributed by atoms with E-state index in [0.717, 1.165) is 12.1 Å². The molecule has 5 heteroatoms. The highest BCUT2D eigenvalue weighted by atomic mass is 19.1. The maximum atomic E-state index is 13.0. The van der Waals surface area contributed by atoms with E-state index in [2.05, 4.69) is 17.2 Å². The van der Waals surface area contributed by atoms with E-state index in [4.69, 9.17) is 5.73 Å². The van der Waals surface area contributed by atoms with E-state index in [1.54, 1.807) is 0 Å². The molecule has 4 nitrogen and oxygen atoms in total. The second-order valence-electron chi connectivity index (χ2n) is 3.27. The molecule has 1 aromatic rings. The van der Waals surface area contributed by atoms with Crippen molar-refractivity contribution >= 4 is 11.8 Å². The first-order valence-corrected chi connectivity index (χ1v) is 4.83. The lowest BCUT2D eigenvalue weighted by Crippen LogP contribution is -2.19. The number of hydrogen-bond acceptors (Lipinski definition) is 2. The molecule has 0 bridgehead atoms. The molecule has 0 saturated heterocycles. The van der Waals surface area contributed by atoms with E-state index in [9.17, 15) is 14.0 Å². The Bertz CT molecular complexity index is 515. The zero-order valence-electron chi connectivity index (χ0n) is 9.21. The van der Waals surface area contributed by atoms with Crippen molar-refractivity contribution in [2.24, 2.45) is 5.73 Å². The molecule has 88 valence electrons. The Labute approximate surface area is 98.0 Å². The van der Waals surface area contributed by atoms with Gasteiger partial charge in [-0.05, 0) is 18.2 Å². The largest absolute Gasteiger partial charge is 0.366 e. The third kappa shape index (κ3) is 3.95. The number of halogens is 1. The summed E-state index contributed by atoms with van der Waals surface area (Å²) in [7, 11) is 0. The molecule has 0 radical (unpaired) electrons. The van der Waals surface area contributed by atoms with Gasteiger partial charge in [0.15, 0.2) is 0 Å². The Morgan fingerprint density at radius 2 is 2.18 bits per heavy atom. The van der Waals surface area contributed by atoms with Crippen molar-refractivity contribution in [1.82, 2.24) is 5.32 Å². The molecule has 0 fully saturated rings. The molecule has 0 aliphatic heterocycles. The molecule has 0 aromatic heterocycles. The zero-order chi connectivity index (χ0) is 12.8. The molecule has 0 atom stereocenters. The lowest BCUT2D eigenvalue weighted by atomic mass is 10.1. The van der Waals surface area contributed by atoms with Gasteiger partial charge in [0.25, 0.3) is 0 Å². The lowest BCUT2D eigenvalue weighted by Gasteiger charge is -1.99. The van der Waals surface area contributed by atoms with Crippen LogP contribution in [0.1, 0.15) is 22.8 Å². The number of carbonyl (C=O) groups is 2. The number of carbonyl (C=O) groups excluding carboxylic acids is 2. The summed E-state index contributed by atoms with van der Waals surface area (Å²) in [6.07, 6.45) is 0. The van der Waals surface area contributed by atoms with Crippen LogP contribution in [0.15, 0.2) is 18.2 Å².